The van der Waals surface area contributed by atoms with Crippen molar-refractivity contribution in [1.82, 2.24) is 10.4 Å². The maximum absolute atomic E-state index is 13.3. The van der Waals surface area contributed by atoms with Crippen molar-refractivity contribution in [2.24, 2.45) is 0 Å². The molecule has 0 atom stereocenters. The number of hydrazine groups is 1. The lowest BCUT2D eigenvalue weighted by atomic mass is 10.0. The first-order valence-corrected chi connectivity index (χ1v) is 9.04. The van der Waals surface area contributed by atoms with Crippen molar-refractivity contribution < 1.29 is 19.1 Å². The van der Waals surface area contributed by atoms with Gasteiger partial charge in [-0.25, -0.2) is 5.01 Å². The van der Waals surface area contributed by atoms with Gasteiger partial charge >= 0.3 is 0 Å². The van der Waals surface area contributed by atoms with Crippen LogP contribution in [0.1, 0.15) is 52.6 Å². The highest BCUT2D eigenvalue weighted by Crippen LogP contribution is 2.30. The second kappa shape index (κ2) is 8.33. The molecule has 28 heavy (non-hydrogen) atoms. The lowest BCUT2D eigenvalue weighted by molar-refractivity contribution is 0.0358. The average Bonchev–Trinajstić information content (AvgIpc) is 2.65. The fourth-order valence-corrected chi connectivity index (χ4v) is 2.85. The minimum atomic E-state index is -0.652. The topological polar surface area (TPSA) is 67.9 Å². The molecule has 2 aromatic rings. The molecular formula is C22H28N2O4. The van der Waals surface area contributed by atoms with Crippen LogP contribution in [0.15, 0.2) is 36.4 Å². The van der Waals surface area contributed by atoms with Crippen LogP contribution in [0, 0.1) is 13.8 Å². The quantitative estimate of drug-likeness (QED) is 0.812. The molecular weight excluding hydrogens is 356 g/mol. The Labute approximate surface area is 166 Å². The van der Waals surface area contributed by atoms with E-state index in [1.165, 1.54) is 19.2 Å². The number of ether oxygens (including phenoxy) is 2. The molecule has 0 aliphatic rings. The first kappa shape index (κ1) is 21.3. The minimum Gasteiger partial charge on any atom is -0.496 e. The van der Waals surface area contributed by atoms with Gasteiger partial charge in [0.15, 0.2) is 0 Å². The standard InChI is InChI=1S/C22H28N2O4/c1-14-10-8-9-11-17(14)20(25)23-24(22(3,4)5)21(26)16-12-18(27-6)15(2)19(13-16)28-7/h8-13H,1-7H3,(H,23,25). The molecule has 2 rings (SSSR count). The first-order chi connectivity index (χ1) is 13.1. The molecule has 0 aromatic heterocycles. The summed E-state index contributed by atoms with van der Waals surface area (Å²) in [6.07, 6.45) is 0. The fraction of sp³-hybridized carbons (Fsp3) is 0.364. The summed E-state index contributed by atoms with van der Waals surface area (Å²) in [7, 11) is 3.08. The van der Waals surface area contributed by atoms with Crippen molar-refractivity contribution in [3.63, 3.8) is 0 Å². The number of nitrogens with zero attached hydrogens (tertiary/aromatic N) is 1. The molecule has 0 unspecified atom stereocenters. The van der Waals surface area contributed by atoms with Gasteiger partial charge < -0.3 is 9.47 Å². The number of aryl methyl sites for hydroxylation is 1. The number of hydrogen-bond acceptors (Lipinski definition) is 4. The average molecular weight is 384 g/mol. The van der Waals surface area contributed by atoms with Crippen molar-refractivity contribution in [3.8, 4) is 11.5 Å². The normalized spacial score (nSPS) is 11.0. The summed E-state index contributed by atoms with van der Waals surface area (Å²) in [5.41, 5.74) is 4.62. The zero-order valence-electron chi connectivity index (χ0n) is 17.5. The summed E-state index contributed by atoms with van der Waals surface area (Å²) in [6.45, 7) is 9.27. The Morgan fingerprint density at radius 3 is 1.96 bits per heavy atom. The molecule has 0 aliphatic heterocycles. The van der Waals surface area contributed by atoms with E-state index in [9.17, 15) is 9.59 Å². The van der Waals surface area contributed by atoms with Crippen molar-refractivity contribution in [3.05, 3.63) is 58.7 Å². The van der Waals surface area contributed by atoms with Crippen LogP contribution in [0.25, 0.3) is 0 Å². The van der Waals surface area contributed by atoms with Crippen LogP contribution >= 0.6 is 0 Å². The van der Waals surface area contributed by atoms with Gasteiger partial charge in [0.1, 0.15) is 11.5 Å². The third-order valence-electron chi connectivity index (χ3n) is 4.48. The molecule has 6 heteroatoms. The summed E-state index contributed by atoms with van der Waals surface area (Å²) in [5, 5.41) is 1.34. The zero-order valence-corrected chi connectivity index (χ0v) is 17.5. The molecule has 2 aromatic carbocycles. The lowest BCUT2D eigenvalue weighted by Crippen LogP contribution is -2.56. The summed E-state index contributed by atoms with van der Waals surface area (Å²) in [6, 6.07) is 10.5. The molecule has 0 saturated carbocycles. The molecule has 0 radical (unpaired) electrons. The van der Waals surface area contributed by atoms with Crippen LogP contribution in [-0.4, -0.2) is 36.6 Å². The van der Waals surface area contributed by atoms with Gasteiger partial charge in [0.25, 0.3) is 11.8 Å². The molecule has 1 N–H and O–H groups in total. The van der Waals surface area contributed by atoms with Crippen molar-refractivity contribution in [2.45, 2.75) is 40.2 Å². The van der Waals surface area contributed by atoms with E-state index in [0.29, 0.717) is 22.6 Å². The minimum absolute atomic E-state index is 0.340. The predicted octanol–water partition coefficient (Wildman–Crippen LogP) is 3.91. The molecule has 6 nitrogen and oxygen atoms in total. The van der Waals surface area contributed by atoms with E-state index in [1.807, 2.05) is 46.8 Å². The van der Waals surface area contributed by atoms with Crippen molar-refractivity contribution >= 4 is 11.8 Å². The molecule has 0 aliphatic carbocycles. The van der Waals surface area contributed by atoms with Gasteiger partial charge in [0.05, 0.1) is 19.8 Å². The summed E-state index contributed by atoms with van der Waals surface area (Å²) < 4.78 is 10.7. The van der Waals surface area contributed by atoms with E-state index < -0.39 is 5.54 Å². The van der Waals surface area contributed by atoms with Crippen LogP contribution in [0.2, 0.25) is 0 Å². The van der Waals surface area contributed by atoms with Gasteiger partial charge in [-0.2, -0.15) is 0 Å². The largest absolute Gasteiger partial charge is 0.496 e. The summed E-state index contributed by atoms with van der Waals surface area (Å²) in [4.78, 5) is 26.1. The summed E-state index contributed by atoms with van der Waals surface area (Å²) in [5.74, 6) is 0.391. The van der Waals surface area contributed by atoms with E-state index in [0.717, 1.165) is 11.1 Å². The van der Waals surface area contributed by atoms with E-state index in [1.54, 1.807) is 24.3 Å². The number of benzene rings is 2. The van der Waals surface area contributed by atoms with Gasteiger partial charge in [0.2, 0.25) is 0 Å². The smallest absolute Gasteiger partial charge is 0.273 e. The second-order valence-electron chi connectivity index (χ2n) is 7.57. The van der Waals surface area contributed by atoms with Crippen LogP contribution in [0.3, 0.4) is 0 Å². The third-order valence-corrected chi connectivity index (χ3v) is 4.48. The maximum atomic E-state index is 13.3. The number of amides is 2. The molecule has 0 bridgehead atoms. The molecule has 150 valence electrons. The second-order valence-corrected chi connectivity index (χ2v) is 7.57. The number of nitrogens with one attached hydrogen (secondary N) is 1. The SMILES string of the molecule is COc1cc(C(=O)N(NC(=O)c2ccccc2C)C(C)(C)C)cc(OC)c1C. The number of hydrogen-bond donors (Lipinski definition) is 1. The molecule has 0 spiro atoms. The Kier molecular flexibility index (Phi) is 6.33. The first-order valence-electron chi connectivity index (χ1n) is 9.04. The van der Waals surface area contributed by atoms with Gasteiger partial charge in [-0.1, -0.05) is 18.2 Å². The van der Waals surface area contributed by atoms with Crippen LogP contribution < -0.4 is 14.9 Å². The number of carbonyl (C=O) groups is 2. The van der Waals surface area contributed by atoms with Gasteiger partial charge in [-0.3, -0.25) is 15.0 Å². The molecule has 2 amide bonds. The molecule has 0 fully saturated rings. The van der Waals surface area contributed by atoms with E-state index >= 15 is 0 Å². The Morgan fingerprint density at radius 1 is 0.964 bits per heavy atom. The van der Waals surface area contributed by atoms with Crippen LogP contribution in [-0.2, 0) is 0 Å². The highest BCUT2D eigenvalue weighted by atomic mass is 16.5. The van der Waals surface area contributed by atoms with Gasteiger partial charge in [-0.05, 0) is 58.4 Å². The highest BCUT2D eigenvalue weighted by Gasteiger charge is 2.31. The Hall–Kier alpha value is -3.02. The van der Waals surface area contributed by atoms with E-state index in [2.05, 4.69) is 5.43 Å². The van der Waals surface area contributed by atoms with E-state index in [-0.39, 0.29) is 11.8 Å². The fourth-order valence-electron chi connectivity index (χ4n) is 2.85. The van der Waals surface area contributed by atoms with Crippen LogP contribution in [0.5, 0.6) is 11.5 Å². The lowest BCUT2D eigenvalue weighted by Gasteiger charge is -2.35. The number of methoxy groups -OCH3 is 2. The Balaban J connectivity index is 2.43. The number of carbonyl (C=O) groups excluding carboxylic acids is 2. The van der Waals surface area contributed by atoms with Crippen molar-refractivity contribution in [1.29, 1.82) is 0 Å². The van der Waals surface area contributed by atoms with E-state index in [4.69, 9.17) is 9.47 Å². The Morgan fingerprint density at radius 2 is 1.50 bits per heavy atom. The predicted molar refractivity (Wildman–Crippen MR) is 109 cm³/mol. The van der Waals surface area contributed by atoms with Crippen LogP contribution in [0.4, 0.5) is 0 Å². The molecule has 0 saturated heterocycles. The maximum Gasteiger partial charge on any atom is 0.273 e. The molecule has 0 heterocycles. The summed E-state index contributed by atoms with van der Waals surface area (Å²) >= 11 is 0. The van der Waals surface area contributed by atoms with Gasteiger partial charge in [-0.15, -0.1) is 0 Å². The zero-order chi connectivity index (χ0) is 21.1. The highest BCUT2D eigenvalue weighted by molar-refractivity contribution is 6.00. The van der Waals surface area contributed by atoms with Gasteiger partial charge in [0, 0.05) is 16.7 Å². The Bertz CT molecular complexity index is 859. The third kappa shape index (κ3) is 4.44. The number of rotatable bonds is 4. The van der Waals surface area contributed by atoms with Crippen molar-refractivity contribution in [2.75, 3.05) is 14.2 Å². The monoisotopic (exact) mass is 384 g/mol.